The molecule has 15 heavy (non-hydrogen) atoms. The van der Waals surface area contributed by atoms with E-state index in [1.165, 1.54) is 12.7 Å². The fourth-order valence-corrected chi connectivity index (χ4v) is 1.72. The summed E-state index contributed by atoms with van der Waals surface area (Å²) in [5, 5.41) is 3.12. The molecule has 0 radical (unpaired) electrons. The summed E-state index contributed by atoms with van der Waals surface area (Å²) in [6.45, 7) is 0.804. The molecule has 1 atom stereocenters. The van der Waals surface area contributed by atoms with Gasteiger partial charge < -0.3 is 9.47 Å². The first-order valence-electron chi connectivity index (χ1n) is 4.87. The fraction of sp³-hybridized carbons (Fsp3) is 0.364. The van der Waals surface area contributed by atoms with E-state index in [2.05, 4.69) is 10.1 Å². The van der Waals surface area contributed by atoms with Crippen LogP contribution >= 0.6 is 0 Å². The normalized spacial score (nSPS) is 19.1. The fourth-order valence-electron chi connectivity index (χ4n) is 1.72. The van der Waals surface area contributed by atoms with E-state index in [1.54, 1.807) is 0 Å². The van der Waals surface area contributed by atoms with E-state index in [4.69, 9.17) is 4.74 Å². The number of carbonyl (C=O) groups is 1. The molecule has 1 aromatic rings. The Hall–Kier alpha value is -1.55. The molecule has 1 aromatic carbocycles. The predicted octanol–water partition coefficient (Wildman–Crippen LogP) is 1.61. The van der Waals surface area contributed by atoms with Crippen LogP contribution in [0.4, 0.5) is 4.79 Å². The molecule has 0 bridgehead atoms. The van der Waals surface area contributed by atoms with Gasteiger partial charge in [0.1, 0.15) is 0 Å². The van der Waals surface area contributed by atoms with Gasteiger partial charge in [-0.25, -0.2) is 4.79 Å². The van der Waals surface area contributed by atoms with E-state index < -0.39 is 6.16 Å². The van der Waals surface area contributed by atoms with Crippen molar-refractivity contribution in [2.75, 3.05) is 13.7 Å². The van der Waals surface area contributed by atoms with E-state index >= 15 is 0 Å². The summed E-state index contributed by atoms with van der Waals surface area (Å²) in [4.78, 5) is 11.0. The minimum Gasteiger partial charge on any atom is -0.438 e. The van der Waals surface area contributed by atoms with E-state index in [1.807, 2.05) is 24.3 Å². The molecule has 0 fully saturated rings. The summed E-state index contributed by atoms with van der Waals surface area (Å²) >= 11 is 0. The molecule has 0 aliphatic carbocycles. The van der Waals surface area contributed by atoms with E-state index in [9.17, 15) is 4.79 Å². The van der Waals surface area contributed by atoms with Crippen molar-refractivity contribution in [3.63, 3.8) is 0 Å². The monoisotopic (exact) mass is 207 g/mol. The molecule has 80 valence electrons. The molecule has 0 unspecified atom stereocenters. The van der Waals surface area contributed by atoms with E-state index in [0.717, 1.165) is 18.5 Å². The van der Waals surface area contributed by atoms with Gasteiger partial charge in [-0.2, -0.15) is 0 Å². The third-order valence-electron chi connectivity index (χ3n) is 2.44. The lowest BCUT2D eigenvalue weighted by Gasteiger charge is -2.25. The van der Waals surface area contributed by atoms with Crippen LogP contribution in [0.1, 0.15) is 17.4 Å². The number of ether oxygens (including phenoxy) is 2. The Balaban J connectivity index is 2.18. The van der Waals surface area contributed by atoms with Crippen LogP contribution < -0.4 is 5.32 Å². The van der Waals surface area contributed by atoms with Crippen LogP contribution in [0.2, 0.25) is 0 Å². The number of fused-ring (bicyclic) bond motifs is 1. The minimum absolute atomic E-state index is 0.387. The maximum Gasteiger partial charge on any atom is 0.509 e. The highest BCUT2D eigenvalue weighted by molar-refractivity contribution is 5.60. The lowest BCUT2D eigenvalue weighted by Crippen LogP contribution is -2.33. The van der Waals surface area contributed by atoms with Crippen LogP contribution in [0, 0.1) is 0 Å². The van der Waals surface area contributed by atoms with Gasteiger partial charge in [0.15, 0.2) is 6.23 Å². The molecular weight excluding hydrogens is 194 g/mol. The van der Waals surface area contributed by atoms with Crippen molar-refractivity contribution < 1.29 is 14.3 Å². The van der Waals surface area contributed by atoms with E-state index in [-0.39, 0.29) is 6.23 Å². The number of methoxy groups -OCH3 is 1. The molecular formula is C11H13NO3. The molecule has 0 saturated carbocycles. The van der Waals surface area contributed by atoms with Gasteiger partial charge in [-0.05, 0) is 12.0 Å². The van der Waals surface area contributed by atoms with Crippen molar-refractivity contribution in [1.82, 2.24) is 5.32 Å². The number of nitrogens with one attached hydrogen (secondary N) is 1. The topological polar surface area (TPSA) is 47.6 Å². The summed E-state index contributed by atoms with van der Waals surface area (Å²) < 4.78 is 9.56. The zero-order valence-electron chi connectivity index (χ0n) is 8.53. The van der Waals surface area contributed by atoms with Gasteiger partial charge in [0.25, 0.3) is 0 Å². The maximum absolute atomic E-state index is 11.0. The SMILES string of the molecule is COC(=O)O[C@@H]1NCCc2ccccc21. The zero-order valence-corrected chi connectivity index (χ0v) is 8.53. The van der Waals surface area contributed by atoms with Crippen LogP contribution in [-0.4, -0.2) is 19.8 Å². The standard InChI is InChI=1S/C11H13NO3/c1-14-11(13)15-10-9-5-3-2-4-8(9)6-7-12-10/h2-5,10,12H,6-7H2,1H3/t10-/m0/s1. The largest absolute Gasteiger partial charge is 0.509 e. The summed E-state index contributed by atoms with van der Waals surface area (Å²) in [6.07, 6.45) is -0.0939. The number of carbonyl (C=O) groups excluding carboxylic acids is 1. The highest BCUT2D eigenvalue weighted by Gasteiger charge is 2.22. The van der Waals surface area contributed by atoms with Gasteiger partial charge in [0, 0.05) is 12.1 Å². The van der Waals surface area contributed by atoms with Crippen molar-refractivity contribution in [2.45, 2.75) is 12.6 Å². The average Bonchev–Trinajstić information content (AvgIpc) is 2.29. The molecule has 0 spiro atoms. The minimum atomic E-state index is -0.663. The van der Waals surface area contributed by atoms with Crippen LogP contribution in [0.25, 0.3) is 0 Å². The first-order valence-corrected chi connectivity index (χ1v) is 4.87. The first-order chi connectivity index (χ1) is 7.31. The lowest BCUT2D eigenvalue weighted by molar-refractivity contribution is 0.0203. The maximum atomic E-state index is 11.0. The Morgan fingerprint density at radius 3 is 3.07 bits per heavy atom. The second kappa shape index (κ2) is 4.31. The lowest BCUT2D eigenvalue weighted by atomic mass is 10.00. The molecule has 2 rings (SSSR count). The molecule has 0 amide bonds. The molecule has 0 saturated heterocycles. The van der Waals surface area contributed by atoms with Crippen LogP contribution in [-0.2, 0) is 15.9 Å². The molecule has 1 heterocycles. The number of benzene rings is 1. The van der Waals surface area contributed by atoms with Crippen molar-refractivity contribution in [2.24, 2.45) is 0 Å². The van der Waals surface area contributed by atoms with Crippen LogP contribution in [0.15, 0.2) is 24.3 Å². The summed E-state index contributed by atoms with van der Waals surface area (Å²) in [7, 11) is 1.30. The Bertz CT molecular complexity index is 365. The average molecular weight is 207 g/mol. The Kier molecular flexibility index (Phi) is 2.87. The third kappa shape index (κ3) is 2.10. The Labute approximate surface area is 88.2 Å². The molecule has 4 nitrogen and oxygen atoms in total. The Morgan fingerprint density at radius 1 is 1.47 bits per heavy atom. The number of hydrogen-bond donors (Lipinski definition) is 1. The summed E-state index contributed by atoms with van der Waals surface area (Å²) in [5.41, 5.74) is 2.22. The van der Waals surface area contributed by atoms with E-state index in [0.29, 0.717) is 0 Å². The molecule has 1 N–H and O–H groups in total. The van der Waals surface area contributed by atoms with Crippen molar-refractivity contribution >= 4 is 6.16 Å². The van der Waals surface area contributed by atoms with Crippen molar-refractivity contribution in [3.8, 4) is 0 Å². The summed E-state index contributed by atoms with van der Waals surface area (Å²) in [5.74, 6) is 0. The quantitative estimate of drug-likeness (QED) is 0.711. The van der Waals surface area contributed by atoms with Gasteiger partial charge in [0.2, 0.25) is 0 Å². The van der Waals surface area contributed by atoms with Crippen molar-refractivity contribution in [3.05, 3.63) is 35.4 Å². The second-order valence-electron chi connectivity index (χ2n) is 3.35. The Morgan fingerprint density at radius 2 is 2.27 bits per heavy atom. The summed E-state index contributed by atoms with van der Waals surface area (Å²) in [6, 6.07) is 7.91. The number of hydrogen-bond acceptors (Lipinski definition) is 4. The molecule has 1 aliphatic heterocycles. The predicted molar refractivity (Wildman–Crippen MR) is 54.4 cm³/mol. The highest BCUT2D eigenvalue weighted by atomic mass is 16.7. The van der Waals surface area contributed by atoms with Crippen LogP contribution in [0.5, 0.6) is 0 Å². The van der Waals surface area contributed by atoms with Gasteiger partial charge >= 0.3 is 6.16 Å². The van der Waals surface area contributed by atoms with Gasteiger partial charge in [-0.15, -0.1) is 0 Å². The zero-order chi connectivity index (χ0) is 10.7. The molecule has 1 aliphatic rings. The first kappa shape index (κ1) is 9.98. The number of rotatable bonds is 1. The van der Waals surface area contributed by atoms with Gasteiger partial charge in [-0.1, -0.05) is 24.3 Å². The second-order valence-corrected chi connectivity index (χ2v) is 3.35. The van der Waals surface area contributed by atoms with Crippen LogP contribution in [0.3, 0.4) is 0 Å². The molecule has 0 aromatic heterocycles. The van der Waals surface area contributed by atoms with Gasteiger partial charge in [0.05, 0.1) is 7.11 Å². The highest BCUT2D eigenvalue weighted by Crippen LogP contribution is 2.23. The van der Waals surface area contributed by atoms with Crippen molar-refractivity contribution in [1.29, 1.82) is 0 Å². The third-order valence-corrected chi connectivity index (χ3v) is 2.44. The van der Waals surface area contributed by atoms with Gasteiger partial charge in [-0.3, -0.25) is 5.32 Å². The smallest absolute Gasteiger partial charge is 0.438 e. The molecule has 4 heteroatoms.